The van der Waals surface area contributed by atoms with Gasteiger partial charge in [0.15, 0.2) is 12.6 Å². The van der Waals surface area contributed by atoms with Crippen LogP contribution in [0.5, 0.6) is 0 Å². The van der Waals surface area contributed by atoms with Gasteiger partial charge in [-0.2, -0.15) is 0 Å². The van der Waals surface area contributed by atoms with Crippen LogP contribution in [-0.2, 0) is 55.6 Å². The second-order valence-electron chi connectivity index (χ2n) is 12.0. The predicted octanol–water partition coefficient (Wildman–Crippen LogP) is -6.49. The molecular weight excluding hydrogens is 768 g/mol. The van der Waals surface area contributed by atoms with E-state index in [1.807, 2.05) is 0 Å². The molecule has 11 N–H and O–H groups in total. The Morgan fingerprint density at radius 3 is 1.49 bits per heavy atom. The molecule has 0 spiro atoms. The summed E-state index contributed by atoms with van der Waals surface area (Å²) in [7, 11) is -8.05. The topological polar surface area (TPSA) is 381 Å². The van der Waals surface area contributed by atoms with Crippen LogP contribution >= 0.6 is 15.6 Å². The Bertz CT molecular complexity index is 1120. The molecule has 2 saturated heterocycles. The average Bonchev–Trinajstić information content (AvgIpc) is 3.64. The van der Waals surface area contributed by atoms with E-state index in [1.54, 1.807) is 0 Å². The van der Waals surface area contributed by atoms with Crippen LogP contribution in [-0.4, -0.2) is 199 Å². The first kappa shape index (κ1) is 48.7. The highest BCUT2D eigenvalue weighted by atomic mass is 31.2. The number of ether oxygens (including phenoxy) is 6. The van der Waals surface area contributed by atoms with E-state index < -0.39 is 141 Å². The molecule has 0 radical (unpaired) electrons. The molecule has 0 bridgehead atoms. The van der Waals surface area contributed by atoms with Crippen molar-refractivity contribution in [1.29, 1.82) is 0 Å². The van der Waals surface area contributed by atoms with Crippen molar-refractivity contribution in [1.82, 2.24) is 0 Å². The number of methoxy groups -OCH3 is 2. The number of hydrogen-bond acceptors (Lipinski definition) is 24. The zero-order valence-corrected chi connectivity index (χ0v) is 30.9. The normalized spacial score (nSPS) is 32.1. The minimum absolute atomic E-state index is 0.181. The molecule has 12 unspecified atom stereocenters. The molecule has 2 aliphatic heterocycles. The summed E-state index contributed by atoms with van der Waals surface area (Å²) in [6.45, 7) is -4.85. The van der Waals surface area contributed by atoms with Gasteiger partial charge in [-0.25, -0.2) is 0 Å². The first-order valence-corrected chi connectivity index (χ1v) is 19.4. The monoisotopic (exact) mass is 821 g/mol. The second-order valence-corrected chi connectivity index (χ2v) is 14.7. The molecule has 24 nitrogen and oxygen atoms in total. The summed E-state index contributed by atoms with van der Waals surface area (Å²) in [6.07, 6.45) is -21.1. The van der Waals surface area contributed by atoms with Crippen molar-refractivity contribution >= 4 is 15.6 Å². The van der Waals surface area contributed by atoms with Crippen LogP contribution in [0.25, 0.3) is 0 Å². The molecule has 0 amide bonds. The van der Waals surface area contributed by atoms with Crippen LogP contribution in [0.2, 0.25) is 0 Å². The SMILES string of the molecule is COC1C(OP(=O)([O-])OCCCCCN)[C@@H](CO)O[C@H]1OCC(O)C(O)C(O)COP(=O)([O-])OC1C(OC)[C@H](OCC(O)C(O)C(O)CO)O[C@@H]1CO. The maximum atomic E-state index is 12.7. The number of nitrogens with two attached hydrogens (primary N) is 1. The lowest BCUT2D eigenvalue weighted by atomic mass is 10.1. The molecule has 0 aromatic rings. The molecule has 2 fully saturated rings. The third-order valence-electron chi connectivity index (χ3n) is 8.07. The van der Waals surface area contributed by atoms with Gasteiger partial charge in [-0.05, 0) is 25.8 Å². The van der Waals surface area contributed by atoms with Crippen molar-refractivity contribution in [2.45, 2.75) is 105 Å². The Hall–Kier alpha value is -0.420. The van der Waals surface area contributed by atoms with Crippen LogP contribution in [0.4, 0.5) is 0 Å². The summed E-state index contributed by atoms with van der Waals surface area (Å²) in [5.74, 6) is 0. The van der Waals surface area contributed by atoms with Gasteiger partial charge in [0.2, 0.25) is 0 Å². The van der Waals surface area contributed by atoms with Gasteiger partial charge in [-0.3, -0.25) is 9.13 Å². The van der Waals surface area contributed by atoms with Gasteiger partial charge in [0, 0.05) is 14.2 Å². The number of rotatable bonds is 28. The van der Waals surface area contributed by atoms with Crippen molar-refractivity contribution in [3.05, 3.63) is 0 Å². The molecule has 0 saturated carbocycles. The van der Waals surface area contributed by atoms with Crippen LogP contribution in [0.1, 0.15) is 19.3 Å². The third kappa shape index (κ3) is 15.1. The lowest BCUT2D eigenvalue weighted by molar-refractivity contribution is -0.238. The number of phosphoric ester groups is 2. The summed E-state index contributed by atoms with van der Waals surface area (Å²) >= 11 is 0. The van der Waals surface area contributed by atoms with Crippen molar-refractivity contribution in [3.8, 4) is 0 Å². The van der Waals surface area contributed by atoms with Gasteiger partial charge in [0.25, 0.3) is 15.6 Å². The molecule has 316 valence electrons. The predicted molar refractivity (Wildman–Crippen MR) is 168 cm³/mol. The van der Waals surface area contributed by atoms with E-state index in [-0.39, 0.29) is 6.61 Å². The summed E-state index contributed by atoms with van der Waals surface area (Å²) < 4.78 is 76.5. The van der Waals surface area contributed by atoms with Gasteiger partial charge in [0.1, 0.15) is 73.2 Å². The molecule has 2 heterocycles. The second kappa shape index (κ2) is 23.7. The van der Waals surface area contributed by atoms with Crippen LogP contribution in [0.15, 0.2) is 0 Å². The number of phosphoric acid groups is 2. The Balaban J connectivity index is 1.92. The van der Waals surface area contributed by atoms with Crippen molar-refractivity contribution < 1.29 is 111 Å². The first-order chi connectivity index (χ1) is 25.0. The van der Waals surface area contributed by atoms with Crippen LogP contribution in [0, 0.1) is 0 Å². The summed E-state index contributed by atoms with van der Waals surface area (Å²) in [6, 6.07) is 0. The molecule has 26 heteroatoms. The maximum absolute atomic E-state index is 12.7. The molecule has 16 atom stereocenters. The van der Waals surface area contributed by atoms with Gasteiger partial charge in [-0.15, -0.1) is 0 Å². The van der Waals surface area contributed by atoms with E-state index in [0.717, 1.165) is 14.2 Å². The molecular formula is C27H53NO23P2-2. The largest absolute Gasteiger partial charge is 0.756 e. The van der Waals surface area contributed by atoms with Gasteiger partial charge >= 0.3 is 0 Å². The maximum Gasteiger partial charge on any atom is 0.268 e. The highest BCUT2D eigenvalue weighted by Crippen LogP contribution is 2.45. The van der Waals surface area contributed by atoms with E-state index in [4.69, 9.17) is 52.8 Å². The minimum Gasteiger partial charge on any atom is -0.756 e. The van der Waals surface area contributed by atoms with E-state index in [1.165, 1.54) is 0 Å². The lowest BCUT2D eigenvalue weighted by Gasteiger charge is -2.32. The fourth-order valence-electron chi connectivity index (χ4n) is 5.13. The fourth-order valence-corrected chi connectivity index (χ4v) is 7.04. The first-order valence-electron chi connectivity index (χ1n) is 16.5. The number of unbranched alkanes of at least 4 members (excludes halogenated alkanes) is 2. The Morgan fingerprint density at radius 1 is 0.642 bits per heavy atom. The van der Waals surface area contributed by atoms with Crippen molar-refractivity contribution in [2.24, 2.45) is 5.73 Å². The summed E-state index contributed by atoms with van der Waals surface area (Å²) in [5, 5.41) is 88.8. The van der Waals surface area contributed by atoms with Crippen molar-refractivity contribution in [3.63, 3.8) is 0 Å². The number of aliphatic hydroxyl groups is 9. The van der Waals surface area contributed by atoms with E-state index in [9.17, 15) is 59.8 Å². The summed E-state index contributed by atoms with van der Waals surface area (Å²) in [5.41, 5.74) is 5.40. The smallest absolute Gasteiger partial charge is 0.268 e. The molecule has 0 aliphatic carbocycles. The standard InChI is InChI=1S/C27H55NO23P2/c1-42-24-22(50-52(38,39)46-7-5-3-4-6-28)18(9-30)48-26(24)45-12-16(34)21(37)17(35)13-47-53(40,41)51-23-19(10-31)49-27(25(23)43-2)44-11-15(33)20(36)14(32)8-29/h14-27,29-37H,3-13,28H2,1-2H3,(H,38,39)(H,40,41)/p-2/t14?,15?,16?,17?,18-,19-,20?,21?,22?,23?,24?,25?,26-,27-/m1/s1. The average molecular weight is 822 g/mol. The van der Waals surface area contributed by atoms with Gasteiger partial charge in [0.05, 0.1) is 46.2 Å². The minimum atomic E-state index is -5.41. The Kier molecular flexibility index (Phi) is 21.8. The quantitative estimate of drug-likeness (QED) is 0.0259. The lowest BCUT2D eigenvalue weighted by Crippen LogP contribution is -2.45. The molecule has 53 heavy (non-hydrogen) atoms. The van der Waals surface area contributed by atoms with E-state index in [2.05, 4.69) is 4.52 Å². The molecule has 0 aromatic carbocycles. The van der Waals surface area contributed by atoms with Gasteiger partial charge < -0.3 is 108 Å². The highest BCUT2D eigenvalue weighted by molar-refractivity contribution is 7.46. The van der Waals surface area contributed by atoms with Crippen molar-refractivity contribution in [2.75, 3.05) is 67.0 Å². The number of aliphatic hydroxyl groups excluding tert-OH is 9. The van der Waals surface area contributed by atoms with E-state index >= 15 is 0 Å². The fraction of sp³-hybridized carbons (Fsp3) is 1.00. The zero-order chi connectivity index (χ0) is 39.9. The molecule has 2 aliphatic rings. The van der Waals surface area contributed by atoms with E-state index in [0.29, 0.717) is 25.8 Å². The zero-order valence-electron chi connectivity index (χ0n) is 29.1. The van der Waals surface area contributed by atoms with Crippen LogP contribution in [0.3, 0.4) is 0 Å². The number of hydrogen-bond donors (Lipinski definition) is 10. The Morgan fingerprint density at radius 2 is 1.08 bits per heavy atom. The molecule has 0 aromatic heterocycles. The van der Waals surface area contributed by atoms with Crippen LogP contribution < -0.4 is 15.5 Å². The summed E-state index contributed by atoms with van der Waals surface area (Å²) in [4.78, 5) is 25.0. The Labute approximate surface area is 305 Å². The molecule has 2 rings (SSSR count). The van der Waals surface area contributed by atoms with Gasteiger partial charge in [-0.1, -0.05) is 0 Å². The third-order valence-corrected chi connectivity index (χ3v) is 10.0. The highest BCUT2D eigenvalue weighted by Gasteiger charge is 2.50.